The molecule has 1 aromatic heterocycles. The molecule has 0 unspecified atom stereocenters. The normalized spacial score (nSPS) is 21.9. The molecule has 0 spiro atoms. The van der Waals surface area contributed by atoms with Gasteiger partial charge in [-0.2, -0.15) is 4.98 Å². The third-order valence-electron chi connectivity index (χ3n) is 3.37. The van der Waals surface area contributed by atoms with Crippen LogP contribution in [0.15, 0.2) is 6.20 Å². The largest absolute Gasteiger partial charge is 0.353 e. The first-order valence-corrected chi connectivity index (χ1v) is 6.66. The lowest BCUT2D eigenvalue weighted by Gasteiger charge is -2.35. The summed E-state index contributed by atoms with van der Waals surface area (Å²) in [5.41, 5.74) is 0. The average molecular weight is 273 g/mol. The molecule has 4 nitrogen and oxygen atoms in total. The number of piperazine rings is 1. The van der Waals surface area contributed by atoms with Crippen LogP contribution in [0.3, 0.4) is 0 Å². The van der Waals surface area contributed by atoms with E-state index >= 15 is 0 Å². The van der Waals surface area contributed by atoms with E-state index in [0.29, 0.717) is 5.02 Å². The van der Waals surface area contributed by atoms with Crippen LogP contribution in [-0.4, -0.2) is 47.1 Å². The Labute approximate surface area is 111 Å². The SMILES string of the molecule is Clc1ncc(Cl)c(N2CCN(C3CC3)CC2)n1. The van der Waals surface area contributed by atoms with Gasteiger partial charge in [0.15, 0.2) is 5.82 Å². The van der Waals surface area contributed by atoms with E-state index in [0.717, 1.165) is 38.0 Å². The minimum Gasteiger partial charge on any atom is -0.353 e. The first-order valence-electron chi connectivity index (χ1n) is 5.91. The lowest BCUT2D eigenvalue weighted by molar-refractivity contribution is 0.247. The van der Waals surface area contributed by atoms with E-state index in [9.17, 15) is 0 Å². The highest BCUT2D eigenvalue weighted by atomic mass is 35.5. The molecular weight excluding hydrogens is 259 g/mol. The van der Waals surface area contributed by atoms with Gasteiger partial charge in [0.1, 0.15) is 5.02 Å². The zero-order valence-electron chi connectivity index (χ0n) is 9.44. The van der Waals surface area contributed by atoms with Crippen LogP contribution in [0, 0.1) is 0 Å². The molecule has 3 rings (SSSR count). The molecule has 0 radical (unpaired) electrons. The molecule has 1 aliphatic carbocycles. The topological polar surface area (TPSA) is 32.3 Å². The molecular formula is C11H14Cl2N4. The standard InChI is InChI=1S/C11H14Cl2N4/c12-9-7-14-11(13)15-10(9)17-5-3-16(4-6-17)8-1-2-8/h7-8H,1-6H2. The maximum absolute atomic E-state index is 6.10. The minimum atomic E-state index is 0.258. The molecule has 0 N–H and O–H groups in total. The van der Waals surface area contributed by atoms with Crippen molar-refractivity contribution in [3.8, 4) is 0 Å². The van der Waals surface area contributed by atoms with E-state index in [4.69, 9.17) is 23.2 Å². The molecule has 2 aliphatic rings. The molecule has 2 fully saturated rings. The Morgan fingerprint density at radius 3 is 2.47 bits per heavy atom. The number of nitrogens with zero attached hydrogens (tertiary/aromatic N) is 4. The van der Waals surface area contributed by atoms with Gasteiger partial charge in [-0.25, -0.2) is 4.98 Å². The Morgan fingerprint density at radius 1 is 1.12 bits per heavy atom. The van der Waals surface area contributed by atoms with Crippen molar-refractivity contribution in [3.05, 3.63) is 16.5 Å². The summed E-state index contributed by atoms with van der Waals surface area (Å²) >= 11 is 11.9. The van der Waals surface area contributed by atoms with Gasteiger partial charge in [-0.1, -0.05) is 11.6 Å². The molecule has 1 saturated heterocycles. The molecule has 1 saturated carbocycles. The second-order valence-corrected chi connectivity index (χ2v) is 5.31. The molecule has 0 bridgehead atoms. The van der Waals surface area contributed by atoms with Crippen LogP contribution < -0.4 is 4.90 Å². The predicted molar refractivity (Wildman–Crippen MR) is 68.9 cm³/mol. The van der Waals surface area contributed by atoms with Gasteiger partial charge in [0.2, 0.25) is 5.28 Å². The van der Waals surface area contributed by atoms with E-state index in [2.05, 4.69) is 19.8 Å². The summed E-state index contributed by atoms with van der Waals surface area (Å²) in [5.74, 6) is 0.766. The second kappa shape index (κ2) is 4.59. The Bertz CT molecular complexity index is 414. The first-order chi connectivity index (χ1) is 8.24. The van der Waals surface area contributed by atoms with Crippen molar-refractivity contribution in [2.75, 3.05) is 31.1 Å². The lowest BCUT2D eigenvalue weighted by Crippen LogP contribution is -2.47. The van der Waals surface area contributed by atoms with Crippen LogP contribution in [-0.2, 0) is 0 Å². The molecule has 0 amide bonds. The molecule has 6 heteroatoms. The smallest absolute Gasteiger partial charge is 0.224 e. The van der Waals surface area contributed by atoms with E-state index in [1.807, 2.05) is 0 Å². The van der Waals surface area contributed by atoms with Gasteiger partial charge in [-0.15, -0.1) is 0 Å². The molecule has 1 aromatic rings. The van der Waals surface area contributed by atoms with Gasteiger partial charge < -0.3 is 4.90 Å². The number of halogens is 2. The van der Waals surface area contributed by atoms with Crippen LogP contribution in [0.4, 0.5) is 5.82 Å². The van der Waals surface area contributed by atoms with Crippen LogP contribution in [0.5, 0.6) is 0 Å². The Kier molecular flexibility index (Phi) is 3.11. The number of anilines is 1. The van der Waals surface area contributed by atoms with E-state index in [1.165, 1.54) is 12.8 Å². The predicted octanol–water partition coefficient (Wildman–Crippen LogP) is 2.07. The van der Waals surface area contributed by atoms with Crippen molar-refractivity contribution in [3.63, 3.8) is 0 Å². The van der Waals surface area contributed by atoms with Crippen molar-refractivity contribution in [2.45, 2.75) is 18.9 Å². The summed E-state index contributed by atoms with van der Waals surface area (Å²) < 4.78 is 0. The van der Waals surface area contributed by atoms with E-state index in [-0.39, 0.29) is 5.28 Å². The van der Waals surface area contributed by atoms with Crippen LogP contribution in [0.1, 0.15) is 12.8 Å². The number of rotatable bonds is 2. The highest BCUT2D eigenvalue weighted by Crippen LogP contribution is 2.30. The molecule has 17 heavy (non-hydrogen) atoms. The van der Waals surface area contributed by atoms with Crippen molar-refractivity contribution < 1.29 is 0 Å². The molecule has 0 aromatic carbocycles. The summed E-state index contributed by atoms with van der Waals surface area (Å²) in [6, 6.07) is 0.835. The molecule has 1 aliphatic heterocycles. The summed E-state index contributed by atoms with van der Waals surface area (Å²) in [4.78, 5) is 12.8. The number of hydrogen-bond acceptors (Lipinski definition) is 4. The zero-order chi connectivity index (χ0) is 11.8. The number of hydrogen-bond donors (Lipinski definition) is 0. The van der Waals surface area contributed by atoms with Crippen molar-refractivity contribution in [1.29, 1.82) is 0 Å². The van der Waals surface area contributed by atoms with Crippen molar-refractivity contribution in [1.82, 2.24) is 14.9 Å². The quantitative estimate of drug-likeness (QED) is 0.772. The summed E-state index contributed by atoms with van der Waals surface area (Å²) in [6.45, 7) is 4.10. The average Bonchev–Trinajstić information content (AvgIpc) is 3.17. The van der Waals surface area contributed by atoms with Crippen molar-refractivity contribution in [2.24, 2.45) is 0 Å². The fraction of sp³-hybridized carbons (Fsp3) is 0.636. The summed E-state index contributed by atoms with van der Waals surface area (Å²) in [5, 5.41) is 0.836. The molecule has 0 atom stereocenters. The Hall–Kier alpha value is -0.580. The van der Waals surface area contributed by atoms with Gasteiger partial charge in [-0.05, 0) is 24.4 Å². The van der Waals surface area contributed by atoms with Crippen molar-refractivity contribution >= 4 is 29.0 Å². The van der Waals surface area contributed by atoms with Gasteiger partial charge in [-0.3, -0.25) is 4.90 Å². The summed E-state index contributed by atoms with van der Waals surface area (Å²) in [6.07, 6.45) is 4.29. The lowest BCUT2D eigenvalue weighted by atomic mass is 10.3. The van der Waals surface area contributed by atoms with Crippen LogP contribution in [0.2, 0.25) is 10.3 Å². The monoisotopic (exact) mass is 272 g/mol. The Balaban J connectivity index is 1.70. The summed E-state index contributed by atoms with van der Waals surface area (Å²) in [7, 11) is 0. The fourth-order valence-electron chi connectivity index (χ4n) is 2.30. The highest BCUT2D eigenvalue weighted by Gasteiger charge is 2.31. The van der Waals surface area contributed by atoms with E-state index < -0.39 is 0 Å². The van der Waals surface area contributed by atoms with Gasteiger partial charge in [0.05, 0.1) is 6.20 Å². The zero-order valence-corrected chi connectivity index (χ0v) is 11.0. The third-order valence-corrected chi connectivity index (χ3v) is 3.82. The van der Waals surface area contributed by atoms with Crippen LogP contribution >= 0.6 is 23.2 Å². The molecule has 2 heterocycles. The van der Waals surface area contributed by atoms with E-state index in [1.54, 1.807) is 6.20 Å². The van der Waals surface area contributed by atoms with Gasteiger partial charge in [0.25, 0.3) is 0 Å². The first kappa shape index (κ1) is 11.5. The van der Waals surface area contributed by atoms with Gasteiger partial charge in [0, 0.05) is 32.2 Å². The van der Waals surface area contributed by atoms with Crippen LogP contribution in [0.25, 0.3) is 0 Å². The maximum atomic E-state index is 6.10. The Morgan fingerprint density at radius 2 is 1.82 bits per heavy atom. The third kappa shape index (κ3) is 2.49. The fourth-order valence-corrected chi connectivity index (χ4v) is 2.64. The number of aromatic nitrogens is 2. The minimum absolute atomic E-state index is 0.258. The maximum Gasteiger partial charge on any atom is 0.224 e. The van der Waals surface area contributed by atoms with Gasteiger partial charge >= 0.3 is 0 Å². The highest BCUT2D eigenvalue weighted by molar-refractivity contribution is 6.33. The second-order valence-electron chi connectivity index (χ2n) is 4.56. The molecule has 92 valence electrons.